The summed E-state index contributed by atoms with van der Waals surface area (Å²) in [6, 6.07) is 13.0. The van der Waals surface area contributed by atoms with Gasteiger partial charge < -0.3 is 9.80 Å². The Balaban J connectivity index is 1.35. The van der Waals surface area contributed by atoms with Crippen molar-refractivity contribution < 1.29 is 18.0 Å². The van der Waals surface area contributed by atoms with Crippen molar-refractivity contribution in [3.63, 3.8) is 0 Å². The third-order valence-corrected chi connectivity index (χ3v) is 5.29. The maximum absolute atomic E-state index is 12.7. The van der Waals surface area contributed by atoms with Crippen molar-refractivity contribution in [1.82, 2.24) is 19.4 Å². The van der Waals surface area contributed by atoms with E-state index >= 15 is 0 Å². The number of anilines is 1. The molecule has 32 heavy (non-hydrogen) atoms. The summed E-state index contributed by atoms with van der Waals surface area (Å²) in [6.07, 6.45) is -2.25. The molecule has 2 aromatic heterocycles. The second-order valence-electron chi connectivity index (χ2n) is 7.38. The predicted molar refractivity (Wildman–Crippen MR) is 112 cm³/mol. The van der Waals surface area contributed by atoms with Gasteiger partial charge in [0.1, 0.15) is 12.4 Å². The van der Waals surface area contributed by atoms with E-state index in [0.29, 0.717) is 37.7 Å². The molecule has 1 fully saturated rings. The molecule has 166 valence electrons. The third kappa shape index (κ3) is 4.79. The molecule has 7 nitrogen and oxygen atoms in total. The largest absolute Gasteiger partial charge is 0.417 e. The smallest absolute Gasteiger partial charge is 0.353 e. The Kier molecular flexibility index (Phi) is 5.93. The van der Waals surface area contributed by atoms with Crippen LogP contribution >= 0.6 is 0 Å². The standard InChI is InChI=1S/C22H20F3N5O2/c23-22(24,25)17-6-7-19(26-13-17)28-8-10-29(11-9-28)21(32)14-30-15-27-18(12-20(30)31)16-4-2-1-3-5-16/h1-7,12-13,15H,8-11,14H2. The number of alkyl halides is 3. The summed E-state index contributed by atoms with van der Waals surface area (Å²) in [6.45, 7) is 1.51. The van der Waals surface area contributed by atoms with E-state index in [0.717, 1.165) is 17.8 Å². The lowest BCUT2D eigenvalue weighted by molar-refractivity contribution is -0.138. The molecule has 3 heterocycles. The van der Waals surface area contributed by atoms with Crippen LogP contribution in [0.15, 0.2) is 65.8 Å². The fourth-order valence-corrected chi connectivity index (χ4v) is 3.48. The number of carbonyl (C=O) groups is 1. The number of benzene rings is 1. The number of pyridine rings is 1. The van der Waals surface area contributed by atoms with Gasteiger partial charge >= 0.3 is 6.18 Å². The summed E-state index contributed by atoms with van der Waals surface area (Å²) in [5.41, 5.74) is 0.236. The molecule has 0 aliphatic carbocycles. The van der Waals surface area contributed by atoms with E-state index in [2.05, 4.69) is 9.97 Å². The number of hydrogen-bond acceptors (Lipinski definition) is 5. The summed E-state index contributed by atoms with van der Waals surface area (Å²) < 4.78 is 39.3. The molecule has 0 atom stereocenters. The Labute approximate surface area is 181 Å². The average Bonchev–Trinajstić information content (AvgIpc) is 2.80. The molecular weight excluding hydrogens is 423 g/mol. The highest BCUT2D eigenvalue weighted by molar-refractivity contribution is 5.76. The predicted octanol–water partition coefficient (Wildman–Crippen LogP) is 2.67. The van der Waals surface area contributed by atoms with Crippen LogP contribution in [0.25, 0.3) is 11.3 Å². The first-order chi connectivity index (χ1) is 15.3. The molecule has 0 radical (unpaired) electrons. The van der Waals surface area contributed by atoms with Gasteiger partial charge in [0.2, 0.25) is 5.91 Å². The molecule has 1 amide bonds. The topological polar surface area (TPSA) is 71.3 Å². The first kappa shape index (κ1) is 21.5. The maximum atomic E-state index is 12.7. The van der Waals surface area contributed by atoms with Gasteiger partial charge in [-0.15, -0.1) is 0 Å². The molecule has 1 aliphatic rings. The zero-order valence-corrected chi connectivity index (χ0v) is 17.0. The molecule has 0 bridgehead atoms. The van der Waals surface area contributed by atoms with Crippen LogP contribution in [0.5, 0.6) is 0 Å². The number of amides is 1. The monoisotopic (exact) mass is 443 g/mol. The molecule has 0 spiro atoms. The second-order valence-corrected chi connectivity index (χ2v) is 7.38. The zero-order valence-electron chi connectivity index (χ0n) is 17.0. The van der Waals surface area contributed by atoms with Crippen molar-refractivity contribution in [2.24, 2.45) is 0 Å². The van der Waals surface area contributed by atoms with Crippen LogP contribution in [0.4, 0.5) is 19.0 Å². The lowest BCUT2D eigenvalue weighted by Crippen LogP contribution is -2.50. The van der Waals surface area contributed by atoms with Crippen LogP contribution < -0.4 is 10.5 Å². The van der Waals surface area contributed by atoms with Crippen molar-refractivity contribution in [2.75, 3.05) is 31.1 Å². The van der Waals surface area contributed by atoms with Crippen LogP contribution in [0.3, 0.4) is 0 Å². The van der Waals surface area contributed by atoms with Gasteiger partial charge in [0.15, 0.2) is 0 Å². The fourth-order valence-electron chi connectivity index (χ4n) is 3.48. The number of nitrogens with zero attached hydrogens (tertiary/aromatic N) is 5. The molecule has 1 aliphatic heterocycles. The van der Waals surface area contributed by atoms with Gasteiger partial charge in [-0.3, -0.25) is 14.2 Å². The highest BCUT2D eigenvalue weighted by Crippen LogP contribution is 2.29. The molecule has 1 saturated heterocycles. The van der Waals surface area contributed by atoms with Gasteiger partial charge in [0.25, 0.3) is 5.56 Å². The van der Waals surface area contributed by atoms with E-state index in [1.165, 1.54) is 23.0 Å². The van der Waals surface area contributed by atoms with E-state index in [9.17, 15) is 22.8 Å². The maximum Gasteiger partial charge on any atom is 0.417 e. The molecule has 4 rings (SSSR count). The highest BCUT2D eigenvalue weighted by Gasteiger charge is 2.31. The SMILES string of the molecule is O=C(Cn1cnc(-c2ccccc2)cc1=O)N1CCN(c2ccc(C(F)(F)F)cn2)CC1. The number of piperazine rings is 1. The van der Waals surface area contributed by atoms with Crippen LogP contribution in [-0.2, 0) is 17.5 Å². The average molecular weight is 443 g/mol. The molecule has 3 aromatic rings. The number of rotatable bonds is 4. The number of halogens is 3. The van der Waals surface area contributed by atoms with Gasteiger partial charge in [-0.25, -0.2) is 9.97 Å². The molecule has 0 unspecified atom stereocenters. The third-order valence-electron chi connectivity index (χ3n) is 5.29. The molecule has 0 saturated carbocycles. The lowest BCUT2D eigenvalue weighted by atomic mass is 10.1. The van der Waals surface area contributed by atoms with Gasteiger partial charge in [0.05, 0.1) is 17.6 Å². The van der Waals surface area contributed by atoms with Gasteiger partial charge in [0, 0.05) is 44.0 Å². The summed E-state index contributed by atoms with van der Waals surface area (Å²) in [7, 11) is 0. The van der Waals surface area contributed by atoms with E-state index < -0.39 is 11.7 Å². The minimum Gasteiger partial charge on any atom is -0.353 e. The lowest BCUT2D eigenvalue weighted by Gasteiger charge is -2.35. The Morgan fingerprint density at radius 2 is 1.69 bits per heavy atom. The Morgan fingerprint density at radius 1 is 0.969 bits per heavy atom. The van der Waals surface area contributed by atoms with Crippen LogP contribution in [-0.4, -0.2) is 51.5 Å². The molecule has 0 N–H and O–H groups in total. The molecular formula is C22H20F3N5O2. The van der Waals surface area contributed by atoms with Crippen LogP contribution in [0.2, 0.25) is 0 Å². The van der Waals surface area contributed by atoms with Crippen molar-refractivity contribution >= 4 is 11.7 Å². The van der Waals surface area contributed by atoms with Gasteiger partial charge in [-0.1, -0.05) is 30.3 Å². The quantitative estimate of drug-likeness (QED) is 0.620. The first-order valence-corrected chi connectivity index (χ1v) is 9.99. The first-order valence-electron chi connectivity index (χ1n) is 9.99. The summed E-state index contributed by atoms with van der Waals surface area (Å²) in [5.74, 6) is 0.211. The normalized spacial score (nSPS) is 14.5. The van der Waals surface area contributed by atoms with E-state index in [-0.39, 0.29) is 18.0 Å². The Morgan fingerprint density at radius 3 is 2.28 bits per heavy atom. The minimum atomic E-state index is -4.43. The number of hydrogen-bond donors (Lipinski definition) is 0. The highest BCUT2D eigenvalue weighted by atomic mass is 19.4. The van der Waals surface area contributed by atoms with E-state index in [1.807, 2.05) is 35.2 Å². The summed E-state index contributed by atoms with van der Waals surface area (Å²) in [5, 5.41) is 0. The Hall–Kier alpha value is -3.69. The van der Waals surface area contributed by atoms with Crippen molar-refractivity contribution in [3.8, 4) is 11.3 Å². The van der Waals surface area contributed by atoms with Gasteiger partial charge in [-0.2, -0.15) is 13.2 Å². The Bertz CT molecular complexity index is 1140. The van der Waals surface area contributed by atoms with Crippen molar-refractivity contribution in [3.05, 3.63) is 77.0 Å². The zero-order chi connectivity index (χ0) is 22.7. The van der Waals surface area contributed by atoms with E-state index in [4.69, 9.17) is 0 Å². The van der Waals surface area contributed by atoms with Crippen molar-refractivity contribution in [2.45, 2.75) is 12.7 Å². The molecule has 1 aromatic carbocycles. The van der Waals surface area contributed by atoms with Crippen molar-refractivity contribution in [1.29, 1.82) is 0 Å². The molecule has 10 heteroatoms. The van der Waals surface area contributed by atoms with Crippen LogP contribution in [0.1, 0.15) is 5.56 Å². The minimum absolute atomic E-state index is 0.126. The number of aromatic nitrogens is 3. The summed E-state index contributed by atoms with van der Waals surface area (Å²) in [4.78, 5) is 36.7. The second kappa shape index (κ2) is 8.81. The number of carbonyl (C=O) groups excluding carboxylic acids is 1. The van der Waals surface area contributed by atoms with E-state index in [1.54, 1.807) is 4.90 Å². The fraction of sp³-hybridized carbons (Fsp3) is 0.273. The van der Waals surface area contributed by atoms with Gasteiger partial charge in [-0.05, 0) is 12.1 Å². The van der Waals surface area contributed by atoms with Crippen LogP contribution in [0, 0.1) is 0 Å². The summed E-state index contributed by atoms with van der Waals surface area (Å²) >= 11 is 0.